The monoisotopic (exact) mass is 464 g/mol. The van der Waals surface area contributed by atoms with E-state index in [1.807, 2.05) is 0 Å². The first kappa shape index (κ1) is 25.1. The first-order chi connectivity index (χ1) is 16.0. The van der Waals surface area contributed by atoms with Gasteiger partial charge in [-0.1, -0.05) is 26.2 Å². The molecule has 0 spiro atoms. The number of halogens is 3. The van der Waals surface area contributed by atoms with Gasteiger partial charge in [0.05, 0.1) is 18.3 Å². The third-order valence-corrected chi connectivity index (χ3v) is 5.89. The summed E-state index contributed by atoms with van der Waals surface area (Å²) < 4.78 is 56.4. The second-order valence-corrected chi connectivity index (χ2v) is 8.50. The first-order valence-corrected chi connectivity index (χ1v) is 11.7. The van der Waals surface area contributed by atoms with Crippen molar-refractivity contribution in [2.24, 2.45) is 5.92 Å². The van der Waals surface area contributed by atoms with Crippen LogP contribution >= 0.6 is 0 Å². The van der Waals surface area contributed by atoms with Crippen LogP contribution < -0.4 is 9.47 Å². The van der Waals surface area contributed by atoms with Crippen LogP contribution in [0.4, 0.5) is 13.2 Å². The highest BCUT2D eigenvalue weighted by molar-refractivity contribution is 5.91. The maximum atomic E-state index is 13.3. The maximum absolute atomic E-state index is 13.3. The zero-order valence-corrected chi connectivity index (χ0v) is 19.0. The fraction of sp³-hybridized carbons (Fsp3) is 0.500. The highest BCUT2D eigenvalue weighted by Crippen LogP contribution is 2.27. The molecule has 0 aromatic heterocycles. The van der Waals surface area contributed by atoms with E-state index in [0.29, 0.717) is 36.5 Å². The van der Waals surface area contributed by atoms with Gasteiger partial charge in [-0.25, -0.2) is 18.0 Å². The number of hydrogen-bond acceptors (Lipinski definition) is 4. The van der Waals surface area contributed by atoms with E-state index in [1.165, 1.54) is 31.4 Å². The number of ether oxygens (including phenoxy) is 3. The molecule has 0 bridgehead atoms. The normalized spacial score (nSPS) is 18.2. The molecule has 2 aromatic rings. The third kappa shape index (κ3) is 7.77. The molecule has 3 rings (SSSR count). The highest BCUT2D eigenvalue weighted by Gasteiger charge is 2.22. The summed E-state index contributed by atoms with van der Waals surface area (Å²) >= 11 is 0. The smallest absolute Gasteiger partial charge is 0.343 e. The van der Waals surface area contributed by atoms with Gasteiger partial charge in [-0.3, -0.25) is 0 Å². The summed E-state index contributed by atoms with van der Waals surface area (Å²) in [5, 5.41) is 0. The summed E-state index contributed by atoms with van der Waals surface area (Å²) in [6.45, 7) is 3.65. The van der Waals surface area contributed by atoms with E-state index in [0.717, 1.165) is 38.7 Å². The largest absolute Gasteiger partial charge is 0.493 e. The second-order valence-electron chi connectivity index (χ2n) is 8.50. The number of unbranched alkanes of at least 4 members (excludes halogenated alkanes) is 3. The van der Waals surface area contributed by atoms with Crippen molar-refractivity contribution in [3.8, 4) is 11.5 Å². The summed E-state index contributed by atoms with van der Waals surface area (Å²) in [5.74, 6) is -4.57. The molecule has 2 aromatic carbocycles. The van der Waals surface area contributed by atoms with Gasteiger partial charge in [0.1, 0.15) is 11.5 Å². The van der Waals surface area contributed by atoms with Crippen molar-refractivity contribution in [1.82, 2.24) is 0 Å². The Hall–Kier alpha value is -2.54. The highest BCUT2D eigenvalue weighted by atomic mass is 19.2. The van der Waals surface area contributed by atoms with Crippen molar-refractivity contribution < 1.29 is 32.2 Å². The molecule has 33 heavy (non-hydrogen) atoms. The molecular formula is C26H31F3O4. The molecule has 0 N–H and O–H groups in total. The molecule has 1 aliphatic carbocycles. The predicted molar refractivity (Wildman–Crippen MR) is 119 cm³/mol. The molecule has 0 amide bonds. The number of benzene rings is 2. The summed E-state index contributed by atoms with van der Waals surface area (Å²) in [5.41, 5.74) is 0.184. The maximum Gasteiger partial charge on any atom is 0.343 e. The lowest BCUT2D eigenvalue weighted by atomic mass is 9.88. The quantitative estimate of drug-likeness (QED) is 0.158. The molecule has 1 fully saturated rings. The molecule has 180 valence electrons. The lowest BCUT2D eigenvalue weighted by Crippen LogP contribution is -2.25. The number of esters is 1. The molecule has 0 unspecified atom stereocenters. The number of carbonyl (C=O) groups is 1. The standard InChI is InChI=1S/C26H31F3O4/c1-2-3-4-5-14-31-20-10-6-18(7-11-20)17-32-21-12-8-19(9-13-21)26(30)33-22-15-23(27)25(29)24(28)16-22/h8-9,12-13,15-16,18,20H,2-7,10-11,14,17H2,1H3. The minimum absolute atomic E-state index is 0.184. The molecule has 0 heterocycles. The molecule has 0 aliphatic heterocycles. The third-order valence-electron chi connectivity index (χ3n) is 5.89. The van der Waals surface area contributed by atoms with Crippen molar-refractivity contribution >= 4 is 5.97 Å². The van der Waals surface area contributed by atoms with E-state index in [4.69, 9.17) is 14.2 Å². The van der Waals surface area contributed by atoms with Crippen molar-refractivity contribution in [2.75, 3.05) is 13.2 Å². The van der Waals surface area contributed by atoms with E-state index < -0.39 is 29.2 Å². The number of carbonyl (C=O) groups excluding carboxylic acids is 1. The average Bonchev–Trinajstić information content (AvgIpc) is 2.82. The minimum Gasteiger partial charge on any atom is -0.493 e. The zero-order valence-electron chi connectivity index (χ0n) is 19.0. The molecule has 0 saturated heterocycles. The van der Waals surface area contributed by atoms with Gasteiger partial charge in [0, 0.05) is 18.7 Å². The molecular weight excluding hydrogens is 433 g/mol. The van der Waals surface area contributed by atoms with Gasteiger partial charge < -0.3 is 14.2 Å². The Morgan fingerprint density at radius 1 is 0.909 bits per heavy atom. The Bertz CT molecular complexity index is 870. The van der Waals surface area contributed by atoms with E-state index in [9.17, 15) is 18.0 Å². The average molecular weight is 465 g/mol. The Morgan fingerprint density at radius 2 is 1.58 bits per heavy atom. The van der Waals surface area contributed by atoms with Crippen LogP contribution in [0.5, 0.6) is 11.5 Å². The van der Waals surface area contributed by atoms with Gasteiger partial charge in [-0.05, 0) is 62.3 Å². The summed E-state index contributed by atoms with van der Waals surface area (Å²) in [7, 11) is 0. The van der Waals surface area contributed by atoms with Gasteiger partial charge in [0.2, 0.25) is 0 Å². The summed E-state index contributed by atoms with van der Waals surface area (Å²) in [4.78, 5) is 12.2. The van der Waals surface area contributed by atoms with E-state index in [-0.39, 0.29) is 5.56 Å². The minimum atomic E-state index is -1.61. The fourth-order valence-corrected chi connectivity index (χ4v) is 3.90. The predicted octanol–water partition coefficient (Wildman–Crippen LogP) is 6.86. The summed E-state index contributed by atoms with van der Waals surface area (Å²) in [6, 6.07) is 7.56. The number of rotatable bonds is 11. The lowest BCUT2D eigenvalue weighted by Gasteiger charge is -2.28. The van der Waals surface area contributed by atoms with Crippen LogP contribution in [-0.4, -0.2) is 25.3 Å². The fourth-order valence-electron chi connectivity index (χ4n) is 3.90. The van der Waals surface area contributed by atoms with Crippen molar-refractivity contribution in [2.45, 2.75) is 64.4 Å². The van der Waals surface area contributed by atoms with Gasteiger partial charge in [0.25, 0.3) is 0 Å². The molecule has 1 aliphatic rings. The van der Waals surface area contributed by atoms with E-state index >= 15 is 0 Å². The van der Waals surface area contributed by atoms with Crippen LogP contribution in [0.2, 0.25) is 0 Å². The molecule has 0 atom stereocenters. The molecule has 7 heteroatoms. The topological polar surface area (TPSA) is 44.8 Å². The van der Waals surface area contributed by atoms with Crippen LogP contribution in [0.1, 0.15) is 68.6 Å². The van der Waals surface area contributed by atoms with Crippen molar-refractivity contribution in [3.63, 3.8) is 0 Å². The Labute approximate surface area is 193 Å². The number of hydrogen-bond donors (Lipinski definition) is 0. The Kier molecular flexibility index (Phi) is 9.61. The van der Waals surface area contributed by atoms with Gasteiger partial charge in [-0.2, -0.15) is 0 Å². The van der Waals surface area contributed by atoms with Crippen LogP contribution in [0, 0.1) is 23.4 Å². The van der Waals surface area contributed by atoms with Crippen LogP contribution in [0.25, 0.3) is 0 Å². The summed E-state index contributed by atoms with van der Waals surface area (Å²) in [6.07, 6.45) is 9.46. The van der Waals surface area contributed by atoms with E-state index in [1.54, 1.807) is 12.1 Å². The molecule has 4 nitrogen and oxygen atoms in total. The van der Waals surface area contributed by atoms with Crippen molar-refractivity contribution in [1.29, 1.82) is 0 Å². The zero-order chi connectivity index (χ0) is 23.6. The van der Waals surface area contributed by atoms with E-state index in [2.05, 4.69) is 6.92 Å². The first-order valence-electron chi connectivity index (χ1n) is 11.7. The molecule has 0 radical (unpaired) electrons. The Balaban J connectivity index is 1.39. The molecule has 1 saturated carbocycles. The second kappa shape index (κ2) is 12.6. The van der Waals surface area contributed by atoms with Crippen LogP contribution in [0.3, 0.4) is 0 Å². The van der Waals surface area contributed by atoms with Gasteiger partial charge >= 0.3 is 5.97 Å². The Morgan fingerprint density at radius 3 is 2.21 bits per heavy atom. The van der Waals surface area contributed by atoms with Crippen LogP contribution in [0.15, 0.2) is 36.4 Å². The van der Waals surface area contributed by atoms with Gasteiger partial charge in [0.15, 0.2) is 17.5 Å². The lowest BCUT2D eigenvalue weighted by molar-refractivity contribution is 0.0111. The SMILES string of the molecule is CCCCCCOC1CCC(COc2ccc(C(=O)Oc3cc(F)c(F)c(F)c3)cc2)CC1. The van der Waals surface area contributed by atoms with Crippen molar-refractivity contribution in [3.05, 3.63) is 59.4 Å². The van der Waals surface area contributed by atoms with Crippen LogP contribution in [-0.2, 0) is 4.74 Å². The van der Waals surface area contributed by atoms with Gasteiger partial charge in [-0.15, -0.1) is 0 Å².